The molecule has 36 heavy (non-hydrogen) atoms. The number of benzene rings is 4. The Balaban J connectivity index is 1.32. The summed E-state index contributed by atoms with van der Waals surface area (Å²) < 4.78 is 6.04. The first kappa shape index (κ1) is 25.5. The number of hydrogen-bond donors (Lipinski definition) is 3. The summed E-state index contributed by atoms with van der Waals surface area (Å²) in [6, 6.07) is 23.8. The molecule has 6 nitrogen and oxygen atoms in total. The summed E-state index contributed by atoms with van der Waals surface area (Å²) in [5.41, 5.74) is 4.85. The van der Waals surface area contributed by atoms with E-state index < -0.39 is 5.91 Å². The molecule has 8 heteroatoms. The predicted molar refractivity (Wildman–Crippen MR) is 146 cm³/mol. The van der Waals surface area contributed by atoms with Crippen molar-refractivity contribution in [3.8, 4) is 11.5 Å². The average Bonchev–Trinajstić information content (AvgIpc) is 2.89. The van der Waals surface area contributed by atoms with Gasteiger partial charge in [-0.05, 0) is 66.4 Å². The van der Waals surface area contributed by atoms with Gasteiger partial charge in [0.25, 0.3) is 5.91 Å². The second kappa shape index (κ2) is 12.4. The summed E-state index contributed by atoms with van der Waals surface area (Å²) >= 11 is 11.8. The van der Waals surface area contributed by atoms with Crippen molar-refractivity contribution in [3.63, 3.8) is 0 Å². The van der Waals surface area contributed by atoms with Crippen LogP contribution < -0.4 is 15.5 Å². The lowest BCUT2D eigenvalue weighted by Gasteiger charge is -2.12. The van der Waals surface area contributed by atoms with Crippen molar-refractivity contribution >= 4 is 46.1 Å². The third-order valence-electron chi connectivity index (χ3n) is 5.54. The van der Waals surface area contributed by atoms with Gasteiger partial charge in [-0.25, -0.2) is 5.43 Å². The third-order valence-corrected chi connectivity index (χ3v) is 6.09. The second-order valence-electron chi connectivity index (χ2n) is 8.04. The average molecular weight is 522 g/mol. The number of amides is 1. The maximum absolute atomic E-state index is 12.3. The van der Waals surface area contributed by atoms with Crippen LogP contribution in [-0.4, -0.2) is 36.9 Å². The first-order valence-corrected chi connectivity index (χ1v) is 12.2. The van der Waals surface area contributed by atoms with Gasteiger partial charge in [0.05, 0.1) is 11.2 Å². The number of nitrogens with zero attached hydrogens (tertiary/aromatic N) is 1. The van der Waals surface area contributed by atoms with E-state index in [2.05, 4.69) is 15.8 Å². The quantitative estimate of drug-likeness (QED) is 0.139. The normalized spacial score (nSPS) is 11.2. The van der Waals surface area contributed by atoms with E-state index in [9.17, 15) is 9.90 Å². The van der Waals surface area contributed by atoms with Gasteiger partial charge in [0.2, 0.25) is 0 Å². The van der Waals surface area contributed by atoms with E-state index in [0.29, 0.717) is 12.2 Å². The van der Waals surface area contributed by atoms with Gasteiger partial charge >= 0.3 is 0 Å². The van der Waals surface area contributed by atoms with Crippen LogP contribution >= 0.6 is 23.2 Å². The lowest BCUT2D eigenvalue weighted by atomic mass is 10.0. The molecule has 0 bridgehead atoms. The van der Waals surface area contributed by atoms with E-state index in [0.717, 1.165) is 46.6 Å². The van der Waals surface area contributed by atoms with Crippen LogP contribution in [0.5, 0.6) is 11.5 Å². The van der Waals surface area contributed by atoms with Gasteiger partial charge in [-0.15, -0.1) is 0 Å². The van der Waals surface area contributed by atoms with Gasteiger partial charge in [-0.2, -0.15) is 5.10 Å². The number of fused-ring (bicyclic) bond motifs is 1. The molecule has 0 spiro atoms. The highest BCUT2D eigenvalue weighted by molar-refractivity contribution is 6.32. The van der Waals surface area contributed by atoms with E-state index in [-0.39, 0.29) is 10.8 Å². The summed E-state index contributed by atoms with van der Waals surface area (Å²) in [7, 11) is 0. The number of ether oxygens (including phenoxy) is 1. The molecule has 0 aromatic heterocycles. The van der Waals surface area contributed by atoms with Crippen molar-refractivity contribution in [2.75, 3.05) is 19.7 Å². The monoisotopic (exact) mass is 521 g/mol. The van der Waals surface area contributed by atoms with Crippen LogP contribution in [0, 0.1) is 0 Å². The SMILES string of the molecule is O=C(NN=Cc1ccc(OCCNCCc2ccc(Cl)cc2)c2ccccc12)c1ccc(O)c(Cl)c1. The fourth-order valence-corrected chi connectivity index (χ4v) is 3.95. The number of phenols is 1. The molecule has 0 radical (unpaired) electrons. The highest BCUT2D eigenvalue weighted by atomic mass is 35.5. The summed E-state index contributed by atoms with van der Waals surface area (Å²) in [4.78, 5) is 12.3. The van der Waals surface area contributed by atoms with E-state index in [1.54, 1.807) is 6.21 Å². The standard InChI is InChI=1S/C28H25Cl2N3O3/c29-22-9-5-19(6-10-22)13-14-31-15-16-36-27-12-8-21(23-3-1-2-4-24(23)27)18-32-33-28(35)20-7-11-26(34)25(30)17-20/h1-12,17-18,31,34H,13-16H2,(H,33,35). The number of carbonyl (C=O) groups excluding carboxylic acids is 1. The van der Waals surface area contributed by atoms with Crippen LogP contribution in [0.2, 0.25) is 10.0 Å². The molecule has 0 saturated carbocycles. The Morgan fingerprint density at radius 1 is 0.944 bits per heavy atom. The van der Waals surface area contributed by atoms with Gasteiger partial charge in [-0.3, -0.25) is 4.79 Å². The Kier molecular flexibility index (Phi) is 8.79. The molecule has 4 rings (SSSR count). The molecule has 3 N–H and O–H groups in total. The Morgan fingerprint density at radius 3 is 2.50 bits per heavy atom. The topological polar surface area (TPSA) is 83.0 Å². The molecule has 0 aliphatic rings. The number of rotatable bonds is 10. The Labute approximate surface area is 219 Å². The largest absolute Gasteiger partial charge is 0.506 e. The molecule has 0 aliphatic heterocycles. The summed E-state index contributed by atoms with van der Waals surface area (Å²) in [5, 5.41) is 19.7. The van der Waals surface area contributed by atoms with Gasteiger partial charge in [0, 0.05) is 28.1 Å². The van der Waals surface area contributed by atoms with Crippen molar-refractivity contribution in [2.45, 2.75) is 6.42 Å². The Morgan fingerprint density at radius 2 is 1.72 bits per heavy atom. The molecule has 4 aromatic rings. The minimum absolute atomic E-state index is 0.0841. The summed E-state index contributed by atoms with van der Waals surface area (Å²) in [5.74, 6) is 0.269. The molecular weight excluding hydrogens is 497 g/mol. The molecule has 184 valence electrons. The van der Waals surface area contributed by atoms with E-state index in [1.165, 1.54) is 23.8 Å². The van der Waals surface area contributed by atoms with Crippen LogP contribution in [0.15, 0.2) is 84.0 Å². The molecule has 1 amide bonds. The van der Waals surface area contributed by atoms with E-state index in [4.69, 9.17) is 27.9 Å². The zero-order valence-electron chi connectivity index (χ0n) is 19.4. The lowest BCUT2D eigenvalue weighted by Crippen LogP contribution is -2.23. The molecule has 4 aromatic carbocycles. The fourth-order valence-electron chi connectivity index (χ4n) is 3.65. The van der Waals surface area contributed by atoms with Crippen LogP contribution in [0.25, 0.3) is 10.8 Å². The van der Waals surface area contributed by atoms with Crippen molar-refractivity contribution < 1.29 is 14.6 Å². The Hall–Kier alpha value is -3.58. The third kappa shape index (κ3) is 6.76. The number of carbonyl (C=O) groups is 1. The predicted octanol–water partition coefficient (Wildman–Crippen LogP) is 5.83. The maximum Gasteiger partial charge on any atom is 0.271 e. The molecule has 0 fully saturated rings. The maximum atomic E-state index is 12.3. The molecule has 0 atom stereocenters. The zero-order chi connectivity index (χ0) is 25.3. The minimum atomic E-state index is -0.430. The summed E-state index contributed by atoms with van der Waals surface area (Å²) in [6.45, 7) is 2.10. The van der Waals surface area contributed by atoms with Crippen LogP contribution in [0.3, 0.4) is 0 Å². The summed E-state index contributed by atoms with van der Waals surface area (Å²) in [6.07, 6.45) is 2.51. The number of aromatic hydroxyl groups is 1. The molecule has 0 aliphatic carbocycles. The van der Waals surface area contributed by atoms with Gasteiger partial charge in [-0.1, -0.05) is 59.6 Å². The lowest BCUT2D eigenvalue weighted by molar-refractivity contribution is 0.0955. The molecule has 0 heterocycles. The van der Waals surface area contributed by atoms with Crippen molar-refractivity contribution in [3.05, 3.63) is 106 Å². The highest BCUT2D eigenvalue weighted by Crippen LogP contribution is 2.28. The number of hydrogen-bond acceptors (Lipinski definition) is 5. The zero-order valence-corrected chi connectivity index (χ0v) is 20.9. The van der Waals surface area contributed by atoms with Gasteiger partial charge in [0.15, 0.2) is 0 Å². The number of nitrogens with one attached hydrogen (secondary N) is 2. The van der Waals surface area contributed by atoms with Gasteiger partial charge < -0.3 is 15.2 Å². The minimum Gasteiger partial charge on any atom is -0.506 e. The number of phenolic OH excluding ortho intramolecular Hbond substituents is 1. The van der Waals surface area contributed by atoms with Gasteiger partial charge in [0.1, 0.15) is 18.1 Å². The van der Waals surface area contributed by atoms with Crippen molar-refractivity contribution in [1.82, 2.24) is 10.7 Å². The van der Waals surface area contributed by atoms with E-state index in [1.807, 2.05) is 60.7 Å². The highest BCUT2D eigenvalue weighted by Gasteiger charge is 2.08. The van der Waals surface area contributed by atoms with Crippen molar-refractivity contribution in [1.29, 1.82) is 0 Å². The first-order valence-electron chi connectivity index (χ1n) is 11.4. The van der Waals surface area contributed by atoms with Crippen LogP contribution in [0.1, 0.15) is 21.5 Å². The van der Waals surface area contributed by atoms with E-state index >= 15 is 0 Å². The first-order chi connectivity index (χ1) is 17.5. The second-order valence-corrected chi connectivity index (χ2v) is 8.88. The molecular formula is C28H25Cl2N3O3. The Bertz CT molecular complexity index is 1370. The van der Waals surface area contributed by atoms with Crippen LogP contribution in [-0.2, 0) is 6.42 Å². The smallest absolute Gasteiger partial charge is 0.271 e. The molecule has 0 unspecified atom stereocenters. The van der Waals surface area contributed by atoms with Crippen molar-refractivity contribution in [2.24, 2.45) is 5.10 Å². The fraction of sp³-hybridized carbons (Fsp3) is 0.143. The number of hydrazone groups is 1. The van der Waals surface area contributed by atoms with Crippen LogP contribution in [0.4, 0.5) is 0 Å². The molecule has 0 saturated heterocycles. The number of halogens is 2.